The van der Waals surface area contributed by atoms with Crippen LogP contribution in [0.1, 0.15) is 40.5 Å². The molecule has 0 aromatic carbocycles. The van der Waals surface area contributed by atoms with Gasteiger partial charge in [0, 0.05) is 45.3 Å². The second kappa shape index (κ2) is 9.21. The lowest BCUT2D eigenvalue weighted by Crippen LogP contribution is -2.50. The van der Waals surface area contributed by atoms with E-state index in [1.54, 1.807) is 0 Å². The molecule has 0 radical (unpaired) electrons. The van der Waals surface area contributed by atoms with E-state index in [0.717, 1.165) is 19.1 Å². The lowest BCUT2D eigenvalue weighted by molar-refractivity contribution is 0.0444. The Balaban J connectivity index is 1.58. The molecule has 0 spiro atoms. The first kappa shape index (κ1) is 18.2. The van der Waals surface area contributed by atoms with Crippen LogP contribution in [0.2, 0.25) is 0 Å². The summed E-state index contributed by atoms with van der Waals surface area (Å²) in [6.07, 6.45) is 3.10. The van der Waals surface area contributed by atoms with Crippen molar-refractivity contribution in [2.24, 2.45) is 5.92 Å². The molecule has 0 N–H and O–H groups in total. The Kier molecular flexibility index (Phi) is 7.61. The van der Waals surface area contributed by atoms with Crippen molar-refractivity contribution in [1.29, 1.82) is 0 Å². The Morgan fingerprint density at radius 3 is 2.05 bits per heavy atom. The predicted octanol–water partition coefficient (Wildman–Crippen LogP) is 2.15. The normalized spacial score (nSPS) is 23.7. The molecule has 0 amide bonds. The van der Waals surface area contributed by atoms with Crippen molar-refractivity contribution in [2.45, 2.75) is 52.7 Å². The molecule has 2 saturated heterocycles. The highest BCUT2D eigenvalue weighted by atomic mass is 16.5. The average molecular weight is 312 g/mol. The molecule has 0 aromatic heterocycles. The van der Waals surface area contributed by atoms with E-state index < -0.39 is 0 Å². The van der Waals surface area contributed by atoms with E-state index >= 15 is 0 Å². The van der Waals surface area contributed by atoms with Crippen molar-refractivity contribution in [3.63, 3.8) is 0 Å². The van der Waals surface area contributed by atoms with Crippen LogP contribution < -0.4 is 0 Å². The Labute approximate surface area is 137 Å². The van der Waals surface area contributed by atoms with Crippen molar-refractivity contribution >= 4 is 0 Å². The highest BCUT2D eigenvalue weighted by Gasteiger charge is 2.24. The summed E-state index contributed by atoms with van der Waals surface area (Å²) in [4.78, 5) is 7.88. The zero-order chi connectivity index (χ0) is 15.9. The van der Waals surface area contributed by atoms with Gasteiger partial charge in [0.05, 0.1) is 12.7 Å². The van der Waals surface area contributed by atoms with Gasteiger partial charge in [-0.3, -0.25) is 4.90 Å². The van der Waals surface area contributed by atoms with Crippen LogP contribution in [0, 0.1) is 5.92 Å². The molecular weight excluding hydrogens is 274 g/mol. The SMILES string of the molecule is CC(C)OCCN1CCC(CN2CCN(C(C)C)CC2)CC1. The minimum Gasteiger partial charge on any atom is -0.377 e. The molecule has 22 heavy (non-hydrogen) atoms. The van der Waals surface area contributed by atoms with Gasteiger partial charge in [0.15, 0.2) is 0 Å². The summed E-state index contributed by atoms with van der Waals surface area (Å²) in [5, 5.41) is 0. The fourth-order valence-corrected chi connectivity index (χ4v) is 3.64. The van der Waals surface area contributed by atoms with E-state index in [2.05, 4.69) is 42.4 Å². The maximum atomic E-state index is 5.67. The number of likely N-dealkylation sites (tertiary alicyclic amines) is 1. The lowest BCUT2D eigenvalue weighted by Gasteiger charge is -2.40. The van der Waals surface area contributed by atoms with Gasteiger partial charge in [-0.1, -0.05) is 0 Å². The van der Waals surface area contributed by atoms with Gasteiger partial charge in [0.25, 0.3) is 0 Å². The van der Waals surface area contributed by atoms with E-state index in [0.29, 0.717) is 12.1 Å². The average Bonchev–Trinajstić information content (AvgIpc) is 2.49. The van der Waals surface area contributed by atoms with Crippen LogP contribution in [0.25, 0.3) is 0 Å². The van der Waals surface area contributed by atoms with E-state index in [1.807, 2.05) is 0 Å². The fourth-order valence-electron chi connectivity index (χ4n) is 3.64. The third-order valence-electron chi connectivity index (χ3n) is 5.22. The number of piperazine rings is 1. The Bertz CT molecular complexity index is 293. The van der Waals surface area contributed by atoms with Crippen molar-refractivity contribution in [3.8, 4) is 0 Å². The Hall–Kier alpha value is -0.160. The molecule has 4 heteroatoms. The first-order chi connectivity index (χ1) is 10.5. The summed E-state index contributed by atoms with van der Waals surface area (Å²) in [5.41, 5.74) is 0. The quantitative estimate of drug-likeness (QED) is 0.717. The van der Waals surface area contributed by atoms with E-state index in [4.69, 9.17) is 4.74 Å². The molecule has 2 aliphatic heterocycles. The summed E-state index contributed by atoms with van der Waals surface area (Å²) in [5.74, 6) is 0.910. The van der Waals surface area contributed by atoms with Crippen molar-refractivity contribution in [1.82, 2.24) is 14.7 Å². The van der Waals surface area contributed by atoms with Crippen molar-refractivity contribution < 1.29 is 4.74 Å². The van der Waals surface area contributed by atoms with Gasteiger partial charge in [0.1, 0.15) is 0 Å². The monoisotopic (exact) mass is 311 g/mol. The molecule has 0 bridgehead atoms. The third-order valence-corrected chi connectivity index (χ3v) is 5.22. The smallest absolute Gasteiger partial charge is 0.0596 e. The van der Waals surface area contributed by atoms with Gasteiger partial charge in [-0.25, -0.2) is 0 Å². The van der Waals surface area contributed by atoms with E-state index in [9.17, 15) is 0 Å². The van der Waals surface area contributed by atoms with Crippen LogP contribution >= 0.6 is 0 Å². The van der Waals surface area contributed by atoms with Gasteiger partial charge >= 0.3 is 0 Å². The van der Waals surface area contributed by atoms with Crippen LogP contribution in [0.15, 0.2) is 0 Å². The standard InChI is InChI=1S/C18H37N3O/c1-16(2)21-11-9-20(10-12-21)15-18-5-7-19(8-6-18)13-14-22-17(3)4/h16-18H,5-15H2,1-4H3. The Morgan fingerprint density at radius 2 is 1.50 bits per heavy atom. The lowest BCUT2D eigenvalue weighted by atomic mass is 9.96. The number of piperidine rings is 1. The largest absolute Gasteiger partial charge is 0.377 e. The summed E-state index contributed by atoms with van der Waals surface area (Å²) in [7, 11) is 0. The zero-order valence-electron chi connectivity index (χ0n) is 15.3. The van der Waals surface area contributed by atoms with Gasteiger partial charge in [-0.15, -0.1) is 0 Å². The number of hydrogen-bond acceptors (Lipinski definition) is 4. The number of nitrogens with zero attached hydrogens (tertiary/aromatic N) is 3. The number of hydrogen-bond donors (Lipinski definition) is 0. The third kappa shape index (κ3) is 6.15. The molecule has 2 heterocycles. The summed E-state index contributed by atoms with van der Waals surface area (Å²) >= 11 is 0. The molecule has 0 atom stereocenters. The fraction of sp³-hybridized carbons (Fsp3) is 1.00. The molecule has 0 saturated carbocycles. The topological polar surface area (TPSA) is 19.0 Å². The van der Waals surface area contributed by atoms with Crippen molar-refractivity contribution in [3.05, 3.63) is 0 Å². The van der Waals surface area contributed by atoms with E-state index in [1.165, 1.54) is 58.7 Å². The van der Waals surface area contributed by atoms with Crippen LogP contribution in [0.3, 0.4) is 0 Å². The van der Waals surface area contributed by atoms with Crippen LogP contribution in [-0.4, -0.2) is 85.8 Å². The molecule has 0 aromatic rings. The predicted molar refractivity (Wildman–Crippen MR) is 93.4 cm³/mol. The van der Waals surface area contributed by atoms with E-state index in [-0.39, 0.29) is 0 Å². The number of rotatable bonds is 7. The Morgan fingerprint density at radius 1 is 0.864 bits per heavy atom. The maximum absolute atomic E-state index is 5.67. The number of ether oxygens (including phenoxy) is 1. The summed E-state index contributed by atoms with van der Waals surface area (Å²) < 4.78 is 5.67. The molecule has 4 nitrogen and oxygen atoms in total. The van der Waals surface area contributed by atoms with Crippen LogP contribution in [-0.2, 0) is 4.74 Å². The minimum atomic E-state index is 0.363. The molecule has 130 valence electrons. The summed E-state index contributed by atoms with van der Waals surface area (Å²) in [6.45, 7) is 19.7. The summed E-state index contributed by atoms with van der Waals surface area (Å²) in [6, 6.07) is 0.707. The second-order valence-electron chi connectivity index (χ2n) is 7.63. The zero-order valence-corrected chi connectivity index (χ0v) is 15.3. The molecule has 2 aliphatic rings. The van der Waals surface area contributed by atoms with Crippen LogP contribution in [0.5, 0.6) is 0 Å². The molecule has 0 unspecified atom stereocenters. The van der Waals surface area contributed by atoms with Gasteiger partial charge in [0.2, 0.25) is 0 Å². The highest BCUT2D eigenvalue weighted by Crippen LogP contribution is 2.19. The van der Waals surface area contributed by atoms with Gasteiger partial charge < -0.3 is 14.5 Å². The minimum absolute atomic E-state index is 0.363. The maximum Gasteiger partial charge on any atom is 0.0596 e. The first-order valence-electron chi connectivity index (χ1n) is 9.35. The van der Waals surface area contributed by atoms with Gasteiger partial charge in [-0.05, 0) is 59.5 Å². The van der Waals surface area contributed by atoms with Crippen LogP contribution in [0.4, 0.5) is 0 Å². The highest BCUT2D eigenvalue weighted by molar-refractivity contribution is 4.79. The second-order valence-corrected chi connectivity index (χ2v) is 7.63. The van der Waals surface area contributed by atoms with Crippen molar-refractivity contribution in [2.75, 3.05) is 59.0 Å². The molecule has 0 aliphatic carbocycles. The molecule has 2 rings (SSSR count). The van der Waals surface area contributed by atoms with Gasteiger partial charge in [-0.2, -0.15) is 0 Å². The first-order valence-corrected chi connectivity index (χ1v) is 9.35. The molecule has 2 fully saturated rings. The molecular formula is C18H37N3O.